The standard InChI is InChI=1S/C14H22N2O4S2/c1-3-8-15-22(19,20)14-11-13(7-6-12(14)2)16-9-4-5-10-21(16,17)18/h6-7,11,15H,3-5,8-10H2,1-2H3. The minimum atomic E-state index is -3.62. The molecule has 0 atom stereocenters. The Morgan fingerprint density at radius 3 is 2.64 bits per heavy atom. The average Bonchev–Trinajstić information content (AvgIpc) is 2.45. The van der Waals surface area contributed by atoms with Gasteiger partial charge in [-0.15, -0.1) is 0 Å². The van der Waals surface area contributed by atoms with E-state index in [1.54, 1.807) is 19.1 Å². The van der Waals surface area contributed by atoms with Gasteiger partial charge in [0.2, 0.25) is 20.0 Å². The van der Waals surface area contributed by atoms with Crippen LogP contribution in [0.4, 0.5) is 5.69 Å². The molecule has 1 fully saturated rings. The molecule has 0 bridgehead atoms. The number of benzene rings is 1. The van der Waals surface area contributed by atoms with Crippen molar-refractivity contribution >= 4 is 25.7 Å². The number of hydrogen-bond donors (Lipinski definition) is 1. The highest BCUT2D eigenvalue weighted by atomic mass is 32.2. The monoisotopic (exact) mass is 346 g/mol. The Bertz CT molecular complexity index is 742. The molecule has 0 saturated carbocycles. The lowest BCUT2D eigenvalue weighted by Crippen LogP contribution is -2.38. The molecule has 2 rings (SSSR count). The fraction of sp³-hybridized carbons (Fsp3) is 0.571. The molecular weight excluding hydrogens is 324 g/mol. The Morgan fingerprint density at radius 2 is 2.00 bits per heavy atom. The van der Waals surface area contributed by atoms with Gasteiger partial charge in [0, 0.05) is 13.1 Å². The third-order valence-electron chi connectivity index (χ3n) is 3.64. The maximum absolute atomic E-state index is 12.3. The molecule has 1 aliphatic rings. The molecule has 0 spiro atoms. The van der Waals surface area contributed by atoms with Crippen LogP contribution in [-0.4, -0.2) is 35.7 Å². The predicted molar refractivity (Wildman–Crippen MR) is 87.0 cm³/mol. The van der Waals surface area contributed by atoms with E-state index in [4.69, 9.17) is 0 Å². The smallest absolute Gasteiger partial charge is 0.240 e. The van der Waals surface area contributed by atoms with E-state index in [0.29, 0.717) is 37.2 Å². The molecule has 1 N–H and O–H groups in total. The molecule has 6 nitrogen and oxygen atoms in total. The highest BCUT2D eigenvalue weighted by Crippen LogP contribution is 2.27. The van der Waals surface area contributed by atoms with Crippen LogP contribution in [-0.2, 0) is 20.0 Å². The first-order chi connectivity index (χ1) is 10.3. The minimum absolute atomic E-state index is 0.108. The van der Waals surface area contributed by atoms with E-state index in [9.17, 15) is 16.8 Å². The first-order valence-corrected chi connectivity index (χ1v) is 10.5. The highest BCUT2D eigenvalue weighted by molar-refractivity contribution is 7.92. The lowest BCUT2D eigenvalue weighted by atomic mass is 10.2. The lowest BCUT2D eigenvalue weighted by Gasteiger charge is -2.28. The molecule has 0 radical (unpaired) electrons. The van der Waals surface area contributed by atoms with E-state index in [2.05, 4.69) is 4.72 Å². The molecular formula is C14H22N2O4S2. The van der Waals surface area contributed by atoms with Crippen molar-refractivity contribution in [2.75, 3.05) is 23.1 Å². The Labute approximate surface area is 132 Å². The van der Waals surface area contributed by atoms with Crippen molar-refractivity contribution in [2.45, 2.75) is 38.0 Å². The lowest BCUT2D eigenvalue weighted by molar-refractivity contribution is 0.572. The van der Waals surface area contributed by atoms with Crippen LogP contribution in [0.1, 0.15) is 31.7 Å². The van der Waals surface area contributed by atoms with E-state index in [1.165, 1.54) is 10.4 Å². The zero-order valence-corrected chi connectivity index (χ0v) is 14.5. The molecule has 1 aromatic rings. The number of nitrogens with one attached hydrogen (secondary N) is 1. The number of anilines is 1. The molecule has 0 amide bonds. The van der Waals surface area contributed by atoms with Crippen molar-refractivity contribution in [2.24, 2.45) is 0 Å². The molecule has 1 heterocycles. The maximum atomic E-state index is 12.3. The zero-order chi connectivity index (χ0) is 16.4. The van der Waals surface area contributed by atoms with Crippen LogP contribution < -0.4 is 9.03 Å². The molecule has 1 saturated heterocycles. The van der Waals surface area contributed by atoms with Crippen LogP contribution in [0.2, 0.25) is 0 Å². The summed E-state index contributed by atoms with van der Waals surface area (Å²) < 4.78 is 52.8. The summed E-state index contributed by atoms with van der Waals surface area (Å²) in [6, 6.07) is 4.77. The van der Waals surface area contributed by atoms with Crippen LogP contribution in [0.5, 0.6) is 0 Å². The van der Waals surface area contributed by atoms with Gasteiger partial charge in [-0.1, -0.05) is 13.0 Å². The van der Waals surface area contributed by atoms with E-state index in [-0.39, 0.29) is 10.6 Å². The van der Waals surface area contributed by atoms with Crippen molar-refractivity contribution in [3.8, 4) is 0 Å². The summed E-state index contributed by atoms with van der Waals surface area (Å²) >= 11 is 0. The first kappa shape index (κ1) is 17.2. The number of nitrogens with zero attached hydrogens (tertiary/aromatic N) is 1. The van der Waals surface area contributed by atoms with E-state index in [1.807, 2.05) is 6.92 Å². The van der Waals surface area contributed by atoms with Gasteiger partial charge in [-0.3, -0.25) is 4.31 Å². The minimum Gasteiger partial charge on any atom is -0.270 e. The summed E-state index contributed by atoms with van der Waals surface area (Å²) in [5.41, 5.74) is 1.02. The third-order valence-corrected chi connectivity index (χ3v) is 7.11. The van der Waals surface area contributed by atoms with Gasteiger partial charge in [0.1, 0.15) is 0 Å². The quantitative estimate of drug-likeness (QED) is 0.878. The first-order valence-electron chi connectivity index (χ1n) is 7.38. The van der Waals surface area contributed by atoms with E-state index in [0.717, 1.165) is 6.42 Å². The molecule has 1 aromatic carbocycles. The molecule has 0 aromatic heterocycles. The van der Waals surface area contributed by atoms with Crippen molar-refractivity contribution in [1.29, 1.82) is 0 Å². The fourth-order valence-corrected chi connectivity index (χ4v) is 5.45. The Kier molecular flexibility index (Phi) is 5.14. The number of hydrogen-bond acceptors (Lipinski definition) is 4. The molecule has 0 aliphatic carbocycles. The van der Waals surface area contributed by atoms with Gasteiger partial charge < -0.3 is 0 Å². The van der Waals surface area contributed by atoms with Crippen molar-refractivity contribution in [1.82, 2.24) is 4.72 Å². The SMILES string of the molecule is CCCNS(=O)(=O)c1cc(N2CCCCS2(=O)=O)ccc1C. The van der Waals surface area contributed by atoms with Crippen LogP contribution in [0, 0.1) is 6.92 Å². The van der Waals surface area contributed by atoms with Gasteiger partial charge in [0.15, 0.2) is 0 Å². The zero-order valence-electron chi connectivity index (χ0n) is 12.9. The Hall–Kier alpha value is -1.12. The van der Waals surface area contributed by atoms with Gasteiger partial charge in [-0.25, -0.2) is 21.6 Å². The maximum Gasteiger partial charge on any atom is 0.240 e. The summed E-state index contributed by atoms with van der Waals surface area (Å²) in [6.45, 7) is 4.34. The van der Waals surface area contributed by atoms with Crippen LogP contribution in [0.3, 0.4) is 0 Å². The Morgan fingerprint density at radius 1 is 1.27 bits per heavy atom. The number of sulfonamides is 2. The molecule has 22 heavy (non-hydrogen) atoms. The second-order valence-corrected chi connectivity index (χ2v) is 9.19. The second-order valence-electron chi connectivity index (χ2n) is 5.44. The number of aryl methyl sites for hydroxylation is 1. The summed E-state index contributed by atoms with van der Waals surface area (Å²) in [7, 11) is -6.97. The second kappa shape index (κ2) is 6.55. The van der Waals surface area contributed by atoms with Crippen molar-refractivity contribution in [3.63, 3.8) is 0 Å². The summed E-state index contributed by atoms with van der Waals surface area (Å²) in [5, 5.41) is 0. The van der Waals surface area contributed by atoms with Crippen LogP contribution >= 0.6 is 0 Å². The van der Waals surface area contributed by atoms with Gasteiger partial charge in [-0.05, 0) is 43.9 Å². The van der Waals surface area contributed by atoms with Gasteiger partial charge in [0.25, 0.3) is 0 Å². The van der Waals surface area contributed by atoms with Crippen molar-refractivity contribution in [3.05, 3.63) is 23.8 Å². The van der Waals surface area contributed by atoms with Gasteiger partial charge in [0.05, 0.1) is 16.3 Å². The topological polar surface area (TPSA) is 83.6 Å². The molecule has 1 aliphatic heterocycles. The van der Waals surface area contributed by atoms with Gasteiger partial charge in [-0.2, -0.15) is 0 Å². The van der Waals surface area contributed by atoms with E-state index < -0.39 is 20.0 Å². The third kappa shape index (κ3) is 3.61. The largest absolute Gasteiger partial charge is 0.270 e. The molecule has 8 heteroatoms. The predicted octanol–water partition coefficient (Wildman–Crippen LogP) is 1.61. The summed E-state index contributed by atoms with van der Waals surface area (Å²) in [4.78, 5) is 0.138. The summed E-state index contributed by atoms with van der Waals surface area (Å²) in [6.07, 6.45) is 2.12. The normalized spacial score (nSPS) is 18.4. The van der Waals surface area contributed by atoms with E-state index >= 15 is 0 Å². The Balaban J connectivity index is 2.43. The molecule has 0 unspecified atom stereocenters. The summed E-state index contributed by atoms with van der Waals surface area (Å²) in [5.74, 6) is 0.108. The fourth-order valence-electron chi connectivity index (χ4n) is 2.43. The van der Waals surface area contributed by atoms with Crippen LogP contribution in [0.15, 0.2) is 23.1 Å². The average molecular weight is 346 g/mol. The van der Waals surface area contributed by atoms with Crippen LogP contribution in [0.25, 0.3) is 0 Å². The van der Waals surface area contributed by atoms with Gasteiger partial charge >= 0.3 is 0 Å². The molecule has 124 valence electrons. The number of rotatable bonds is 5. The van der Waals surface area contributed by atoms with Crippen molar-refractivity contribution < 1.29 is 16.8 Å². The highest BCUT2D eigenvalue weighted by Gasteiger charge is 2.27.